The van der Waals surface area contributed by atoms with Gasteiger partial charge in [-0.05, 0) is 24.6 Å². The lowest BCUT2D eigenvalue weighted by Crippen LogP contribution is -2.71. The molecule has 0 spiro atoms. The number of ether oxygens (including phenoxy) is 1. The van der Waals surface area contributed by atoms with E-state index in [2.05, 4.69) is 9.97 Å². The fourth-order valence-electron chi connectivity index (χ4n) is 4.48. The summed E-state index contributed by atoms with van der Waals surface area (Å²) in [5.41, 5.74) is 1.38. The molecule has 3 saturated heterocycles. The zero-order valence-corrected chi connectivity index (χ0v) is 16.4. The minimum atomic E-state index is -0.593. The third-order valence-corrected chi connectivity index (χ3v) is 5.93. The Hall–Kier alpha value is -3.68. The van der Waals surface area contributed by atoms with E-state index in [1.807, 2.05) is 18.2 Å². The number of hydrogen-bond acceptors (Lipinski definition) is 5. The van der Waals surface area contributed by atoms with E-state index in [9.17, 15) is 14.4 Å². The van der Waals surface area contributed by atoms with Gasteiger partial charge in [-0.3, -0.25) is 14.4 Å². The molecule has 2 bridgehead atoms. The van der Waals surface area contributed by atoms with Crippen LogP contribution in [0.1, 0.15) is 27.1 Å². The number of nitrogens with one attached hydrogen (secondary N) is 1. The first-order valence-electron chi connectivity index (χ1n) is 9.80. The number of rotatable bonds is 4. The molecule has 2 amide bonds. The van der Waals surface area contributed by atoms with Gasteiger partial charge in [-0.1, -0.05) is 18.2 Å². The highest BCUT2D eigenvalue weighted by atomic mass is 16.5. The number of benzene rings is 1. The molecule has 3 aliphatic rings. The molecule has 0 unspecified atom stereocenters. The number of fused-ring (bicyclic) bond motifs is 3. The predicted molar refractivity (Wildman–Crippen MR) is 108 cm³/mol. The van der Waals surface area contributed by atoms with E-state index >= 15 is 0 Å². The molecular weight excluding hydrogens is 384 g/mol. The third kappa shape index (κ3) is 2.75. The fourth-order valence-corrected chi connectivity index (χ4v) is 4.48. The lowest BCUT2D eigenvalue weighted by molar-refractivity contribution is -0.146. The molecule has 0 aliphatic carbocycles. The molecule has 0 saturated carbocycles. The van der Waals surface area contributed by atoms with Crippen LogP contribution in [0.15, 0.2) is 48.8 Å². The Balaban J connectivity index is 1.34. The molecule has 2 aromatic heterocycles. The van der Waals surface area contributed by atoms with Gasteiger partial charge in [-0.25, -0.2) is 4.98 Å². The molecule has 3 aliphatic heterocycles. The van der Waals surface area contributed by atoms with Crippen molar-refractivity contribution in [3.63, 3.8) is 0 Å². The van der Waals surface area contributed by atoms with Crippen LogP contribution in [0.4, 0.5) is 0 Å². The molecule has 2 atom stereocenters. The van der Waals surface area contributed by atoms with Crippen LogP contribution in [-0.4, -0.2) is 69.6 Å². The molecule has 6 rings (SSSR count). The number of H-pyrrole nitrogens is 1. The summed E-state index contributed by atoms with van der Waals surface area (Å²) in [7, 11) is 1.51. The van der Waals surface area contributed by atoms with Crippen LogP contribution in [0.25, 0.3) is 11.0 Å². The maximum Gasteiger partial charge on any atom is 0.295 e. The second-order valence-corrected chi connectivity index (χ2v) is 7.60. The number of pyridine rings is 1. The van der Waals surface area contributed by atoms with Gasteiger partial charge in [0.2, 0.25) is 0 Å². The van der Waals surface area contributed by atoms with Crippen molar-refractivity contribution in [3.05, 3.63) is 59.9 Å². The Morgan fingerprint density at radius 2 is 1.83 bits per heavy atom. The number of methoxy groups -OCH3 is 1. The van der Waals surface area contributed by atoms with Crippen molar-refractivity contribution in [1.29, 1.82) is 0 Å². The molecule has 1 N–H and O–H groups in total. The first kappa shape index (κ1) is 18.4. The molecule has 3 fully saturated rings. The second kappa shape index (κ2) is 6.98. The van der Waals surface area contributed by atoms with Crippen molar-refractivity contribution in [2.75, 3.05) is 20.2 Å². The Bertz CT molecular complexity index is 1140. The number of aromatic amines is 1. The molecular formula is C22H20N4O4. The van der Waals surface area contributed by atoms with Crippen molar-refractivity contribution >= 4 is 28.6 Å². The maximum absolute atomic E-state index is 13.0. The second-order valence-electron chi connectivity index (χ2n) is 7.60. The maximum atomic E-state index is 13.0. The average molecular weight is 404 g/mol. The molecule has 1 aromatic carbocycles. The van der Waals surface area contributed by atoms with Crippen molar-refractivity contribution in [1.82, 2.24) is 19.8 Å². The summed E-state index contributed by atoms with van der Waals surface area (Å²) in [6.45, 7) is 0.865. The standard InChI is InChI=1S/C22H20N4O4/c1-30-17-7-8-23-20-18(17)16(10-24-20)19(27)22(29)26-14-9-15(26)12-25(11-14)21(28)13-5-3-2-4-6-13/h2-8,10,14-15H,9,11-12H2,1H3,(H,23,24)/t14-,15+. The predicted octanol–water partition coefficient (Wildman–Crippen LogP) is 1.88. The third-order valence-electron chi connectivity index (χ3n) is 5.93. The van der Waals surface area contributed by atoms with Gasteiger partial charge in [-0.2, -0.15) is 0 Å². The number of piperazine rings is 1. The molecule has 5 heterocycles. The topological polar surface area (TPSA) is 95.6 Å². The van der Waals surface area contributed by atoms with Crippen LogP contribution in [0.3, 0.4) is 0 Å². The number of nitrogens with zero attached hydrogens (tertiary/aromatic N) is 3. The number of aromatic nitrogens is 2. The number of carbonyl (C=O) groups excluding carboxylic acids is 3. The van der Waals surface area contributed by atoms with E-state index in [-0.39, 0.29) is 23.6 Å². The molecule has 152 valence electrons. The largest absolute Gasteiger partial charge is 0.496 e. The molecule has 8 heteroatoms. The Morgan fingerprint density at radius 1 is 1.10 bits per heavy atom. The Labute approximate surface area is 172 Å². The quantitative estimate of drug-likeness (QED) is 0.529. The molecule has 0 radical (unpaired) electrons. The van der Waals surface area contributed by atoms with Gasteiger partial charge < -0.3 is 19.5 Å². The van der Waals surface area contributed by atoms with Gasteiger partial charge in [0.1, 0.15) is 11.4 Å². The summed E-state index contributed by atoms with van der Waals surface area (Å²) in [5, 5.41) is 0.505. The smallest absolute Gasteiger partial charge is 0.295 e. The van der Waals surface area contributed by atoms with Crippen LogP contribution in [-0.2, 0) is 4.79 Å². The van der Waals surface area contributed by atoms with E-state index in [1.54, 1.807) is 34.2 Å². The number of hydrogen-bond donors (Lipinski definition) is 1. The highest BCUT2D eigenvalue weighted by Crippen LogP contribution is 2.35. The van der Waals surface area contributed by atoms with Crippen molar-refractivity contribution < 1.29 is 19.1 Å². The van der Waals surface area contributed by atoms with Gasteiger partial charge in [0.05, 0.1) is 30.1 Å². The van der Waals surface area contributed by atoms with E-state index in [1.165, 1.54) is 13.3 Å². The summed E-state index contributed by atoms with van der Waals surface area (Å²) in [5.74, 6) is -0.697. The highest BCUT2D eigenvalue weighted by molar-refractivity contribution is 6.45. The van der Waals surface area contributed by atoms with Gasteiger partial charge in [0.15, 0.2) is 0 Å². The van der Waals surface area contributed by atoms with Crippen LogP contribution in [0.5, 0.6) is 5.75 Å². The summed E-state index contributed by atoms with van der Waals surface area (Å²) >= 11 is 0. The van der Waals surface area contributed by atoms with Gasteiger partial charge in [0, 0.05) is 31.0 Å². The van der Waals surface area contributed by atoms with Gasteiger partial charge in [-0.15, -0.1) is 0 Å². The van der Waals surface area contributed by atoms with E-state index in [4.69, 9.17) is 4.74 Å². The van der Waals surface area contributed by atoms with E-state index in [0.29, 0.717) is 35.4 Å². The number of piperidine rings is 1. The van der Waals surface area contributed by atoms with Crippen molar-refractivity contribution in [2.24, 2.45) is 0 Å². The van der Waals surface area contributed by atoms with Crippen LogP contribution < -0.4 is 4.74 Å². The summed E-state index contributed by atoms with van der Waals surface area (Å²) in [6.07, 6.45) is 3.88. The molecule has 30 heavy (non-hydrogen) atoms. The lowest BCUT2D eigenvalue weighted by atomic mass is 9.86. The number of Topliss-reactive ketones (excluding diaryl/α,β-unsaturated/α-hetero) is 1. The summed E-state index contributed by atoms with van der Waals surface area (Å²) in [6, 6.07) is 10.5. The summed E-state index contributed by atoms with van der Waals surface area (Å²) in [4.78, 5) is 49.3. The monoisotopic (exact) mass is 404 g/mol. The van der Waals surface area contributed by atoms with Crippen molar-refractivity contribution in [2.45, 2.75) is 18.5 Å². The van der Waals surface area contributed by atoms with Crippen LogP contribution in [0, 0.1) is 0 Å². The first-order valence-corrected chi connectivity index (χ1v) is 9.80. The Morgan fingerprint density at radius 3 is 2.53 bits per heavy atom. The zero-order valence-electron chi connectivity index (χ0n) is 16.4. The first-order chi connectivity index (χ1) is 14.6. The highest BCUT2D eigenvalue weighted by Gasteiger charge is 2.50. The average Bonchev–Trinajstić information content (AvgIpc) is 3.23. The van der Waals surface area contributed by atoms with Gasteiger partial charge >= 0.3 is 0 Å². The minimum absolute atomic E-state index is 0.0452. The zero-order chi connectivity index (χ0) is 20.8. The van der Waals surface area contributed by atoms with Gasteiger partial charge in [0.25, 0.3) is 17.6 Å². The normalized spacial score (nSPS) is 20.0. The lowest BCUT2D eigenvalue weighted by Gasteiger charge is -2.55. The molecule has 8 nitrogen and oxygen atoms in total. The van der Waals surface area contributed by atoms with Crippen LogP contribution in [0.2, 0.25) is 0 Å². The molecule has 3 aromatic rings. The SMILES string of the molecule is COc1ccnc2[nH]cc(C(=O)C(=O)N3[C@@H]4C[C@H]3CN(C(=O)c3ccccc3)C4)c12. The summed E-state index contributed by atoms with van der Waals surface area (Å²) < 4.78 is 5.33. The number of ketones is 1. The number of carbonyl (C=O) groups is 3. The minimum Gasteiger partial charge on any atom is -0.496 e. The Kier molecular flexibility index (Phi) is 4.27. The number of amides is 2. The van der Waals surface area contributed by atoms with E-state index in [0.717, 1.165) is 6.42 Å². The van der Waals surface area contributed by atoms with E-state index < -0.39 is 11.7 Å². The van der Waals surface area contributed by atoms with Crippen LogP contribution >= 0.6 is 0 Å². The fraction of sp³-hybridized carbons (Fsp3) is 0.273. The van der Waals surface area contributed by atoms with Crippen molar-refractivity contribution in [3.8, 4) is 5.75 Å².